The first-order chi connectivity index (χ1) is 8.26. The van der Waals surface area contributed by atoms with Crippen molar-refractivity contribution in [2.75, 3.05) is 18.9 Å². The monoisotopic (exact) mass is 273 g/mol. The molecule has 2 nitrogen and oxygen atoms in total. The number of hydrogen-bond acceptors (Lipinski definition) is 3. The van der Waals surface area contributed by atoms with Crippen molar-refractivity contribution in [1.29, 1.82) is 0 Å². The van der Waals surface area contributed by atoms with Gasteiger partial charge in [0.25, 0.3) is 0 Å². The van der Waals surface area contributed by atoms with Crippen LogP contribution in [0.4, 0.5) is 0 Å². The van der Waals surface area contributed by atoms with E-state index in [2.05, 4.69) is 24.4 Å². The lowest BCUT2D eigenvalue weighted by atomic mass is 10.2. The molecule has 1 unspecified atom stereocenters. The molecule has 0 aliphatic carbocycles. The fraction of sp³-hybridized carbons (Fsp3) is 0.538. The lowest BCUT2D eigenvalue weighted by Gasteiger charge is -2.16. The second-order valence-corrected chi connectivity index (χ2v) is 5.38. The number of benzene rings is 1. The predicted octanol–water partition coefficient (Wildman–Crippen LogP) is 2.93. The summed E-state index contributed by atoms with van der Waals surface area (Å²) in [4.78, 5) is 0. The van der Waals surface area contributed by atoms with E-state index >= 15 is 0 Å². The van der Waals surface area contributed by atoms with Crippen molar-refractivity contribution in [2.24, 2.45) is 0 Å². The van der Waals surface area contributed by atoms with Gasteiger partial charge in [0.1, 0.15) is 0 Å². The highest BCUT2D eigenvalue weighted by molar-refractivity contribution is 7.98. The van der Waals surface area contributed by atoms with E-state index in [0.29, 0.717) is 6.04 Å². The number of halogens is 1. The average Bonchev–Trinajstić information content (AvgIpc) is 2.32. The standard InChI is InChI=1S/C13H20ClNOS/c1-2-15-13(7-8-16)10-17-9-11-3-5-12(14)6-4-11/h3-6,13,15-16H,2,7-10H2,1H3. The number of rotatable bonds is 8. The molecule has 2 N–H and O–H groups in total. The molecule has 0 saturated carbocycles. The van der Waals surface area contributed by atoms with Gasteiger partial charge in [-0.2, -0.15) is 11.8 Å². The molecule has 0 radical (unpaired) electrons. The van der Waals surface area contributed by atoms with Crippen LogP contribution in [-0.4, -0.2) is 30.1 Å². The topological polar surface area (TPSA) is 32.3 Å². The highest BCUT2D eigenvalue weighted by atomic mass is 35.5. The van der Waals surface area contributed by atoms with Crippen molar-refractivity contribution in [3.05, 3.63) is 34.9 Å². The third-order valence-corrected chi connectivity index (χ3v) is 3.90. The molecule has 1 atom stereocenters. The molecule has 96 valence electrons. The van der Waals surface area contributed by atoms with Crippen LogP contribution in [0.15, 0.2) is 24.3 Å². The molecule has 0 bridgehead atoms. The first kappa shape index (κ1) is 14.8. The Hall–Kier alpha value is -0.220. The summed E-state index contributed by atoms with van der Waals surface area (Å²) in [6.45, 7) is 3.29. The van der Waals surface area contributed by atoms with Gasteiger partial charge in [-0.05, 0) is 30.7 Å². The van der Waals surface area contributed by atoms with E-state index in [4.69, 9.17) is 16.7 Å². The lowest BCUT2D eigenvalue weighted by Crippen LogP contribution is -2.32. The molecular weight excluding hydrogens is 254 g/mol. The van der Waals surface area contributed by atoms with Crippen LogP contribution in [-0.2, 0) is 5.75 Å². The molecule has 0 fully saturated rings. The Bertz CT molecular complexity index is 299. The van der Waals surface area contributed by atoms with Gasteiger partial charge in [-0.1, -0.05) is 30.7 Å². The fourth-order valence-corrected chi connectivity index (χ4v) is 2.83. The summed E-state index contributed by atoms with van der Waals surface area (Å²) < 4.78 is 0. The van der Waals surface area contributed by atoms with E-state index in [1.54, 1.807) is 0 Å². The Kier molecular flexibility index (Phi) is 7.69. The maximum atomic E-state index is 8.95. The maximum Gasteiger partial charge on any atom is 0.0446 e. The maximum absolute atomic E-state index is 8.95. The zero-order valence-corrected chi connectivity index (χ0v) is 11.7. The Balaban J connectivity index is 2.27. The van der Waals surface area contributed by atoms with Crippen molar-refractivity contribution >= 4 is 23.4 Å². The van der Waals surface area contributed by atoms with Crippen LogP contribution in [0.5, 0.6) is 0 Å². The molecule has 0 aliphatic rings. The molecule has 1 rings (SSSR count). The van der Waals surface area contributed by atoms with Gasteiger partial charge in [-0.3, -0.25) is 0 Å². The molecule has 17 heavy (non-hydrogen) atoms. The molecule has 0 saturated heterocycles. The zero-order valence-electron chi connectivity index (χ0n) is 10.2. The van der Waals surface area contributed by atoms with Crippen molar-refractivity contribution in [3.63, 3.8) is 0 Å². The molecule has 1 aromatic rings. The van der Waals surface area contributed by atoms with Gasteiger partial charge in [-0.25, -0.2) is 0 Å². The van der Waals surface area contributed by atoms with Gasteiger partial charge in [-0.15, -0.1) is 0 Å². The van der Waals surface area contributed by atoms with E-state index < -0.39 is 0 Å². The smallest absolute Gasteiger partial charge is 0.0446 e. The minimum atomic E-state index is 0.249. The second kappa shape index (κ2) is 8.81. The lowest BCUT2D eigenvalue weighted by molar-refractivity contribution is 0.271. The van der Waals surface area contributed by atoms with Crippen molar-refractivity contribution in [1.82, 2.24) is 5.32 Å². The third kappa shape index (κ3) is 6.32. The molecule has 0 aliphatic heterocycles. The van der Waals surface area contributed by atoms with Gasteiger partial charge in [0, 0.05) is 29.2 Å². The largest absolute Gasteiger partial charge is 0.396 e. The number of hydrogen-bond donors (Lipinski definition) is 2. The van der Waals surface area contributed by atoms with E-state index in [0.717, 1.165) is 29.5 Å². The quantitative estimate of drug-likeness (QED) is 0.764. The summed E-state index contributed by atoms with van der Waals surface area (Å²) >= 11 is 7.72. The second-order valence-electron chi connectivity index (χ2n) is 3.91. The van der Waals surface area contributed by atoms with Crippen molar-refractivity contribution in [3.8, 4) is 0 Å². The summed E-state index contributed by atoms with van der Waals surface area (Å²) in [6, 6.07) is 8.37. The van der Waals surface area contributed by atoms with E-state index in [1.807, 2.05) is 23.9 Å². The van der Waals surface area contributed by atoms with Crippen LogP contribution in [0.2, 0.25) is 5.02 Å². The first-order valence-corrected chi connectivity index (χ1v) is 7.46. The summed E-state index contributed by atoms with van der Waals surface area (Å²) in [5.41, 5.74) is 1.29. The fourth-order valence-electron chi connectivity index (χ4n) is 1.59. The van der Waals surface area contributed by atoms with Crippen LogP contribution in [0.3, 0.4) is 0 Å². The number of aliphatic hydroxyl groups is 1. The van der Waals surface area contributed by atoms with Gasteiger partial charge < -0.3 is 10.4 Å². The molecule has 1 aromatic carbocycles. The number of thioether (sulfide) groups is 1. The summed E-state index contributed by atoms with van der Waals surface area (Å²) in [5.74, 6) is 2.02. The Morgan fingerprint density at radius 2 is 2.06 bits per heavy atom. The highest BCUT2D eigenvalue weighted by Gasteiger charge is 2.06. The average molecular weight is 274 g/mol. The van der Waals surface area contributed by atoms with Gasteiger partial charge >= 0.3 is 0 Å². The first-order valence-electron chi connectivity index (χ1n) is 5.92. The van der Waals surface area contributed by atoms with E-state index in [1.165, 1.54) is 5.56 Å². The molecule has 0 heterocycles. The normalized spacial score (nSPS) is 12.6. The van der Waals surface area contributed by atoms with Crippen molar-refractivity contribution < 1.29 is 5.11 Å². The molecule has 0 amide bonds. The molecule has 0 aromatic heterocycles. The minimum absolute atomic E-state index is 0.249. The molecule has 4 heteroatoms. The SMILES string of the molecule is CCNC(CCO)CSCc1ccc(Cl)cc1. The summed E-state index contributed by atoms with van der Waals surface area (Å²) in [6.07, 6.45) is 0.821. The van der Waals surface area contributed by atoms with Crippen LogP contribution in [0.25, 0.3) is 0 Å². The van der Waals surface area contributed by atoms with E-state index in [9.17, 15) is 0 Å². The third-order valence-electron chi connectivity index (χ3n) is 2.47. The zero-order chi connectivity index (χ0) is 12.5. The highest BCUT2D eigenvalue weighted by Crippen LogP contribution is 2.16. The number of aliphatic hydroxyl groups excluding tert-OH is 1. The predicted molar refractivity (Wildman–Crippen MR) is 76.8 cm³/mol. The van der Waals surface area contributed by atoms with Gasteiger partial charge in [0.15, 0.2) is 0 Å². The van der Waals surface area contributed by atoms with Crippen LogP contribution < -0.4 is 5.32 Å². The van der Waals surface area contributed by atoms with Gasteiger partial charge in [0.2, 0.25) is 0 Å². The molecular formula is C13H20ClNOS. The summed E-state index contributed by atoms with van der Waals surface area (Å²) in [7, 11) is 0. The minimum Gasteiger partial charge on any atom is -0.396 e. The van der Waals surface area contributed by atoms with Crippen molar-refractivity contribution in [2.45, 2.75) is 25.1 Å². The Labute approximate surface area is 113 Å². The Morgan fingerprint density at radius 3 is 2.65 bits per heavy atom. The molecule has 0 spiro atoms. The van der Waals surface area contributed by atoms with Crippen LogP contribution in [0, 0.1) is 0 Å². The van der Waals surface area contributed by atoms with Crippen LogP contribution in [0.1, 0.15) is 18.9 Å². The van der Waals surface area contributed by atoms with Crippen LogP contribution >= 0.6 is 23.4 Å². The number of nitrogens with one attached hydrogen (secondary N) is 1. The van der Waals surface area contributed by atoms with E-state index in [-0.39, 0.29) is 6.61 Å². The summed E-state index contributed by atoms with van der Waals surface area (Å²) in [5, 5.41) is 13.1. The Morgan fingerprint density at radius 1 is 1.35 bits per heavy atom. The van der Waals surface area contributed by atoms with Gasteiger partial charge in [0.05, 0.1) is 0 Å².